The van der Waals surface area contributed by atoms with Crippen LogP contribution in [0.2, 0.25) is 0 Å². The van der Waals surface area contributed by atoms with Crippen LogP contribution in [0.3, 0.4) is 0 Å². The van der Waals surface area contributed by atoms with Crippen LogP contribution in [0.1, 0.15) is 29.6 Å². The summed E-state index contributed by atoms with van der Waals surface area (Å²) in [6, 6.07) is 5.47. The fourth-order valence-corrected chi connectivity index (χ4v) is 4.66. The number of rotatable bonds is 4. The van der Waals surface area contributed by atoms with Crippen molar-refractivity contribution in [1.29, 1.82) is 5.26 Å². The van der Waals surface area contributed by atoms with E-state index in [9.17, 15) is 13.2 Å². The first kappa shape index (κ1) is 15.9. The Kier molecular flexibility index (Phi) is 4.66. The van der Waals surface area contributed by atoms with Gasteiger partial charge in [-0.3, -0.25) is 0 Å². The maximum Gasteiger partial charge on any atom is 0.335 e. The summed E-state index contributed by atoms with van der Waals surface area (Å²) in [5.41, 5.74) is -0.109. The SMILES string of the molecule is N#CC1CCCC1NS(=O)(=O)c1cc(C(=O)O)ccc1Br. The molecule has 2 atom stereocenters. The molecule has 1 aliphatic rings. The number of carbonyl (C=O) groups is 1. The van der Waals surface area contributed by atoms with Gasteiger partial charge in [0.25, 0.3) is 0 Å². The number of carboxylic acids is 1. The van der Waals surface area contributed by atoms with Crippen molar-refractivity contribution < 1.29 is 18.3 Å². The van der Waals surface area contributed by atoms with Crippen molar-refractivity contribution in [2.45, 2.75) is 30.2 Å². The molecule has 1 aromatic rings. The maximum atomic E-state index is 12.4. The molecule has 1 saturated carbocycles. The minimum atomic E-state index is -3.88. The van der Waals surface area contributed by atoms with Crippen molar-refractivity contribution in [3.05, 3.63) is 28.2 Å². The van der Waals surface area contributed by atoms with Gasteiger partial charge in [0.1, 0.15) is 0 Å². The number of aromatic carboxylic acids is 1. The molecule has 21 heavy (non-hydrogen) atoms. The van der Waals surface area contributed by atoms with E-state index in [0.717, 1.165) is 12.5 Å². The predicted molar refractivity (Wildman–Crippen MR) is 78.2 cm³/mol. The molecular formula is C13H13BrN2O4S. The van der Waals surface area contributed by atoms with E-state index < -0.39 is 22.0 Å². The van der Waals surface area contributed by atoms with Crippen molar-refractivity contribution in [2.24, 2.45) is 5.92 Å². The third-order valence-electron chi connectivity index (χ3n) is 3.46. The monoisotopic (exact) mass is 372 g/mol. The van der Waals surface area contributed by atoms with Gasteiger partial charge in [0.15, 0.2) is 0 Å². The Morgan fingerprint density at radius 2 is 2.14 bits per heavy atom. The van der Waals surface area contributed by atoms with Gasteiger partial charge in [-0.1, -0.05) is 6.42 Å². The van der Waals surface area contributed by atoms with E-state index in [4.69, 9.17) is 10.4 Å². The molecule has 1 fully saturated rings. The van der Waals surface area contributed by atoms with Gasteiger partial charge in [0.05, 0.1) is 22.4 Å². The normalized spacial score (nSPS) is 21.9. The number of nitrogens with one attached hydrogen (secondary N) is 1. The van der Waals surface area contributed by atoms with Crippen molar-refractivity contribution in [1.82, 2.24) is 4.72 Å². The molecule has 0 aliphatic heterocycles. The largest absolute Gasteiger partial charge is 0.478 e. The van der Waals surface area contributed by atoms with Crippen LogP contribution in [-0.4, -0.2) is 25.5 Å². The molecule has 0 spiro atoms. The standard InChI is InChI=1S/C13H13BrN2O4S/c14-10-5-4-8(13(17)18)6-12(10)21(19,20)16-11-3-1-2-9(11)7-15/h4-6,9,11,16H,1-3H2,(H,17,18). The van der Waals surface area contributed by atoms with Crippen LogP contribution in [0.4, 0.5) is 0 Å². The van der Waals surface area contributed by atoms with Crippen LogP contribution in [0, 0.1) is 17.2 Å². The molecule has 2 unspecified atom stereocenters. The molecule has 0 aromatic heterocycles. The van der Waals surface area contributed by atoms with Gasteiger partial charge in [-0.15, -0.1) is 0 Å². The number of carboxylic acid groups (broad SMARTS) is 1. The average molecular weight is 373 g/mol. The smallest absolute Gasteiger partial charge is 0.335 e. The van der Waals surface area contributed by atoms with E-state index in [2.05, 4.69) is 26.7 Å². The molecule has 0 saturated heterocycles. The van der Waals surface area contributed by atoms with Crippen LogP contribution < -0.4 is 4.72 Å². The predicted octanol–water partition coefficient (Wildman–Crippen LogP) is 2.12. The zero-order valence-electron chi connectivity index (χ0n) is 10.9. The molecule has 2 rings (SSSR count). The molecule has 112 valence electrons. The van der Waals surface area contributed by atoms with Gasteiger partial charge in [-0.05, 0) is 47.0 Å². The van der Waals surface area contributed by atoms with Crippen molar-refractivity contribution in [3.63, 3.8) is 0 Å². The second-order valence-corrected chi connectivity index (χ2v) is 7.38. The summed E-state index contributed by atoms with van der Waals surface area (Å²) in [5.74, 6) is -1.55. The Labute approximate surface area is 131 Å². The average Bonchev–Trinajstić information content (AvgIpc) is 2.85. The Balaban J connectivity index is 2.34. The summed E-state index contributed by atoms with van der Waals surface area (Å²) in [6.45, 7) is 0. The second kappa shape index (κ2) is 6.13. The molecule has 2 N–H and O–H groups in total. The number of benzene rings is 1. The van der Waals surface area contributed by atoms with Gasteiger partial charge in [-0.25, -0.2) is 17.9 Å². The van der Waals surface area contributed by atoms with Crippen molar-refractivity contribution in [2.75, 3.05) is 0 Å². The topological polar surface area (TPSA) is 107 Å². The van der Waals surface area contributed by atoms with E-state index in [0.29, 0.717) is 12.8 Å². The number of nitriles is 1. The fraction of sp³-hybridized carbons (Fsp3) is 0.385. The Bertz CT molecular complexity index is 711. The number of sulfonamides is 1. The number of nitrogens with zero attached hydrogens (tertiary/aromatic N) is 1. The minimum Gasteiger partial charge on any atom is -0.478 e. The highest BCUT2D eigenvalue weighted by atomic mass is 79.9. The highest BCUT2D eigenvalue weighted by Crippen LogP contribution is 2.28. The molecule has 6 nitrogen and oxygen atoms in total. The van der Waals surface area contributed by atoms with Crippen LogP contribution in [-0.2, 0) is 10.0 Å². The number of hydrogen-bond acceptors (Lipinski definition) is 4. The lowest BCUT2D eigenvalue weighted by molar-refractivity contribution is 0.0696. The van der Waals surface area contributed by atoms with Crippen LogP contribution in [0.15, 0.2) is 27.6 Å². The van der Waals surface area contributed by atoms with Gasteiger partial charge in [0.2, 0.25) is 10.0 Å². The summed E-state index contributed by atoms with van der Waals surface area (Å²) in [7, 11) is -3.88. The van der Waals surface area contributed by atoms with E-state index in [1.165, 1.54) is 12.1 Å². The van der Waals surface area contributed by atoms with Gasteiger partial charge < -0.3 is 5.11 Å². The highest BCUT2D eigenvalue weighted by Gasteiger charge is 2.32. The van der Waals surface area contributed by atoms with E-state index in [-0.39, 0.29) is 20.8 Å². The lowest BCUT2D eigenvalue weighted by Crippen LogP contribution is -2.37. The molecule has 0 radical (unpaired) electrons. The molecule has 1 aliphatic carbocycles. The summed E-state index contributed by atoms with van der Waals surface area (Å²) < 4.78 is 27.6. The maximum absolute atomic E-state index is 12.4. The molecule has 0 heterocycles. The van der Waals surface area contributed by atoms with E-state index in [1.54, 1.807) is 0 Å². The van der Waals surface area contributed by atoms with Gasteiger partial charge in [0, 0.05) is 10.5 Å². The summed E-state index contributed by atoms with van der Waals surface area (Å²) in [6.07, 6.45) is 2.06. The first-order chi connectivity index (χ1) is 9.85. The number of hydrogen-bond donors (Lipinski definition) is 2. The lowest BCUT2D eigenvalue weighted by Gasteiger charge is -2.16. The molecule has 1 aromatic carbocycles. The zero-order chi connectivity index (χ0) is 15.6. The highest BCUT2D eigenvalue weighted by molar-refractivity contribution is 9.10. The van der Waals surface area contributed by atoms with Gasteiger partial charge in [-0.2, -0.15) is 5.26 Å². The molecule has 0 bridgehead atoms. The third-order valence-corrected chi connectivity index (χ3v) is 5.94. The van der Waals surface area contributed by atoms with E-state index in [1.807, 2.05) is 0 Å². The van der Waals surface area contributed by atoms with Crippen molar-refractivity contribution in [3.8, 4) is 6.07 Å². The first-order valence-electron chi connectivity index (χ1n) is 6.30. The lowest BCUT2D eigenvalue weighted by atomic mass is 10.1. The molecule has 8 heteroatoms. The van der Waals surface area contributed by atoms with Crippen LogP contribution >= 0.6 is 15.9 Å². The summed E-state index contributed by atoms with van der Waals surface area (Å²) in [5, 5.41) is 18.0. The van der Waals surface area contributed by atoms with Crippen LogP contribution in [0.25, 0.3) is 0 Å². The van der Waals surface area contributed by atoms with Gasteiger partial charge >= 0.3 is 5.97 Å². The van der Waals surface area contributed by atoms with Crippen molar-refractivity contribution >= 4 is 31.9 Å². The summed E-state index contributed by atoms with van der Waals surface area (Å²) in [4.78, 5) is 10.8. The number of halogens is 1. The Morgan fingerprint density at radius 1 is 1.43 bits per heavy atom. The molecular weight excluding hydrogens is 360 g/mol. The second-order valence-electron chi connectivity index (χ2n) is 4.84. The fourth-order valence-electron chi connectivity index (χ4n) is 2.36. The Hall–Kier alpha value is -1.43. The third kappa shape index (κ3) is 3.43. The Morgan fingerprint density at radius 3 is 2.76 bits per heavy atom. The van der Waals surface area contributed by atoms with Crippen LogP contribution in [0.5, 0.6) is 0 Å². The zero-order valence-corrected chi connectivity index (χ0v) is 13.3. The minimum absolute atomic E-state index is 0.109. The molecule has 0 amide bonds. The first-order valence-corrected chi connectivity index (χ1v) is 8.57. The summed E-state index contributed by atoms with van der Waals surface area (Å²) >= 11 is 3.12. The quantitative estimate of drug-likeness (QED) is 0.841. The van der Waals surface area contributed by atoms with E-state index >= 15 is 0 Å².